The smallest absolute Gasteiger partial charge is 0.227 e. The summed E-state index contributed by atoms with van der Waals surface area (Å²) in [5, 5.41) is 0. The molecule has 1 saturated heterocycles. The summed E-state index contributed by atoms with van der Waals surface area (Å²) < 4.78 is 0. The molecular weight excluding hydrogens is 208 g/mol. The van der Waals surface area contributed by atoms with Crippen molar-refractivity contribution in [2.45, 2.75) is 38.3 Å². The predicted octanol–water partition coefficient (Wildman–Crippen LogP) is 1.08. The molecule has 1 heterocycles. The monoisotopic (exact) mass is 228 g/mol. The van der Waals surface area contributed by atoms with Crippen LogP contribution >= 0.6 is 11.8 Å². The first-order valence-corrected chi connectivity index (χ1v) is 6.99. The van der Waals surface area contributed by atoms with Crippen molar-refractivity contribution in [3.63, 3.8) is 0 Å². The fourth-order valence-corrected chi connectivity index (χ4v) is 3.58. The van der Waals surface area contributed by atoms with E-state index in [-0.39, 0.29) is 12.0 Å². The molecule has 0 aromatic rings. The van der Waals surface area contributed by atoms with E-state index in [4.69, 9.17) is 5.73 Å². The summed E-state index contributed by atoms with van der Waals surface area (Å²) in [6.45, 7) is 3.05. The third kappa shape index (κ3) is 2.31. The van der Waals surface area contributed by atoms with Crippen molar-refractivity contribution in [3.8, 4) is 0 Å². The number of carbonyl (C=O) groups excluding carboxylic acids is 1. The zero-order chi connectivity index (χ0) is 10.8. The van der Waals surface area contributed by atoms with E-state index in [0.29, 0.717) is 11.9 Å². The van der Waals surface area contributed by atoms with Crippen LogP contribution in [0.15, 0.2) is 0 Å². The molecule has 15 heavy (non-hydrogen) atoms. The first kappa shape index (κ1) is 11.3. The molecule has 3 nitrogen and oxygen atoms in total. The van der Waals surface area contributed by atoms with Crippen molar-refractivity contribution in [1.82, 2.24) is 4.90 Å². The highest BCUT2D eigenvalue weighted by atomic mass is 32.2. The molecule has 0 aromatic carbocycles. The van der Waals surface area contributed by atoms with Crippen LogP contribution in [0.3, 0.4) is 0 Å². The van der Waals surface area contributed by atoms with Crippen LogP contribution in [0.1, 0.15) is 26.2 Å². The minimum atomic E-state index is 0.107. The van der Waals surface area contributed by atoms with Gasteiger partial charge in [-0.3, -0.25) is 4.79 Å². The van der Waals surface area contributed by atoms with E-state index in [1.807, 2.05) is 16.7 Å². The minimum Gasteiger partial charge on any atom is -0.338 e. The van der Waals surface area contributed by atoms with E-state index in [9.17, 15) is 4.79 Å². The van der Waals surface area contributed by atoms with E-state index in [0.717, 1.165) is 37.3 Å². The molecule has 2 aliphatic rings. The molecule has 2 rings (SSSR count). The fourth-order valence-electron chi connectivity index (χ4n) is 2.56. The second-order valence-electron chi connectivity index (χ2n) is 4.66. The number of nitrogens with two attached hydrogens (primary N) is 1. The van der Waals surface area contributed by atoms with Crippen LogP contribution in [-0.2, 0) is 4.79 Å². The second kappa shape index (κ2) is 4.74. The SMILES string of the molecule is CC1CSCCN1C(=O)C1CCCC1N. The molecule has 1 amide bonds. The van der Waals surface area contributed by atoms with Crippen molar-refractivity contribution in [2.24, 2.45) is 11.7 Å². The lowest BCUT2D eigenvalue weighted by Crippen LogP contribution is -2.49. The first-order valence-electron chi connectivity index (χ1n) is 5.84. The zero-order valence-corrected chi connectivity index (χ0v) is 10.1. The number of carbonyl (C=O) groups is 1. The lowest BCUT2D eigenvalue weighted by molar-refractivity contribution is -0.137. The summed E-state index contributed by atoms with van der Waals surface area (Å²) >= 11 is 1.94. The maximum Gasteiger partial charge on any atom is 0.227 e. The minimum absolute atomic E-state index is 0.107. The molecule has 3 unspecified atom stereocenters. The third-order valence-electron chi connectivity index (χ3n) is 3.54. The van der Waals surface area contributed by atoms with Gasteiger partial charge >= 0.3 is 0 Å². The van der Waals surface area contributed by atoms with Crippen molar-refractivity contribution in [3.05, 3.63) is 0 Å². The highest BCUT2D eigenvalue weighted by Gasteiger charge is 2.35. The van der Waals surface area contributed by atoms with Gasteiger partial charge in [-0.2, -0.15) is 11.8 Å². The molecule has 0 bridgehead atoms. The lowest BCUT2D eigenvalue weighted by Gasteiger charge is -2.35. The summed E-state index contributed by atoms with van der Waals surface area (Å²) in [5.74, 6) is 2.58. The van der Waals surface area contributed by atoms with Gasteiger partial charge in [-0.15, -0.1) is 0 Å². The molecular formula is C11H20N2OS. The third-order valence-corrected chi connectivity index (χ3v) is 4.73. The number of amides is 1. The molecule has 4 heteroatoms. The largest absolute Gasteiger partial charge is 0.338 e. The fraction of sp³-hybridized carbons (Fsp3) is 0.909. The van der Waals surface area contributed by atoms with Crippen molar-refractivity contribution in [2.75, 3.05) is 18.1 Å². The van der Waals surface area contributed by atoms with E-state index < -0.39 is 0 Å². The Balaban J connectivity index is 1.99. The van der Waals surface area contributed by atoms with Crippen LogP contribution in [0.2, 0.25) is 0 Å². The number of nitrogens with zero attached hydrogens (tertiary/aromatic N) is 1. The number of thioether (sulfide) groups is 1. The number of hydrogen-bond donors (Lipinski definition) is 1. The van der Waals surface area contributed by atoms with Crippen molar-refractivity contribution >= 4 is 17.7 Å². The van der Waals surface area contributed by atoms with Crippen LogP contribution in [0.25, 0.3) is 0 Å². The van der Waals surface area contributed by atoms with Crippen LogP contribution in [0, 0.1) is 5.92 Å². The summed E-state index contributed by atoms with van der Waals surface area (Å²) in [6, 6.07) is 0.503. The quantitative estimate of drug-likeness (QED) is 0.730. The molecule has 1 aliphatic heterocycles. The van der Waals surface area contributed by atoms with E-state index >= 15 is 0 Å². The Kier molecular flexibility index (Phi) is 3.57. The Morgan fingerprint density at radius 3 is 2.87 bits per heavy atom. The Morgan fingerprint density at radius 2 is 2.27 bits per heavy atom. The van der Waals surface area contributed by atoms with E-state index in [1.165, 1.54) is 0 Å². The standard InChI is InChI=1S/C11H20N2OS/c1-8-7-15-6-5-13(8)11(14)9-3-2-4-10(9)12/h8-10H,2-7,12H2,1H3. The highest BCUT2D eigenvalue weighted by molar-refractivity contribution is 7.99. The normalized spacial score (nSPS) is 36.9. The van der Waals surface area contributed by atoms with Gasteiger partial charge in [0.05, 0.1) is 5.92 Å². The Labute approximate surface area is 95.8 Å². The average molecular weight is 228 g/mol. The van der Waals surface area contributed by atoms with Crippen LogP contribution < -0.4 is 5.73 Å². The Bertz CT molecular complexity index is 247. The molecule has 2 fully saturated rings. The molecule has 1 saturated carbocycles. The van der Waals surface area contributed by atoms with Gasteiger partial charge < -0.3 is 10.6 Å². The number of hydrogen-bond acceptors (Lipinski definition) is 3. The second-order valence-corrected chi connectivity index (χ2v) is 5.81. The highest BCUT2D eigenvalue weighted by Crippen LogP contribution is 2.28. The van der Waals surface area contributed by atoms with Gasteiger partial charge in [0.15, 0.2) is 0 Å². The molecule has 0 aromatic heterocycles. The number of rotatable bonds is 1. The summed E-state index contributed by atoms with van der Waals surface area (Å²) in [6.07, 6.45) is 3.14. The van der Waals surface area contributed by atoms with Crippen LogP contribution in [-0.4, -0.2) is 40.9 Å². The van der Waals surface area contributed by atoms with Crippen LogP contribution in [0.4, 0.5) is 0 Å². The molecule has 3 atom stereocenters. The molecule has 86 valence electrons. The molecule has 0 spiro atoms. The van der Waals surface area contributed by atoms with Crippen LogP contribution in [0.5, 0.6) is 0 Å². The molecule has 0 radical (unpaired) electrons. The van der Waals surface area contributed by atoms with Gasteiger partial charge in [-0.25, -0.2) is 0 Å². The summed E-state index contributed by atoms with van der Waals surface area (Å²) in [5.41, 5.74) is 5.98. The van der Waals surface area contributed by atoms with Gasteiger partial charge in [0, 0.05) is 30.1 Å². The Hall–Kier alpha value is -0.220. The first-order chi connectivity index (χ1) is 7.20. The van der Waals surface area contributed by atoms with Crippen molar-refractivity contribution < 1.29 is 4.79 Å². The van der Waals surface area contributed by atoms with Gasteiger partial charge in [-0.1, -0.05) is 6.42 Å². The summed E-state index contributed by atoms with van der Waals surface area (Å²) in [4.78, 5) is 14.3. The maximum absolute atomic E-state index is 12.3. The zero-order valence-electron chi connectivity index (χ0n) is 9.32. The molecule has 1 aliphatic carbocycles. The maximum atomic E-state index is 12.3. The van der Waals surface area contributed by atoms with Gasteiger partial charge in [0.1, 0.15) is 0 Å². The van der Waals surface area contributed by atoms with E-state index in [2.05, 4.69) is 6.92 Å². The summed E-state index contributed by atoms with van der Waals surface area (Å²) in [7, 11) is 0. The topological polar surface area (TPSA) is 46.3 Å². The van der Waals surface area contributed by atoms with Gasteiger partial charge in [0.25, 0.3) is 0 Å². The molecule has 2 N–H and O–H groups in total. The van der Waals surface area contributed by atoms with E-state index in [1.54, 1.807) is 0 Å². The van der Waals surface area contributed by atoms with Gasteiger partial charge in [0.2, 0.25) is 5.91 Å². The lowest BCUT2D eigenvalue weighted by atomic mass is 10.0. The van der Waals surface area contributed by atoms with Gasteiger partial charge in [-0.05, 0) is 19.8 Å². The predicted molar refractivity (Wildman–Crippen MR) is 63.8 cm³/mol. The Morgan fingerprint density at radius 1 is 1.47 bits per heavy atom. The average Bonchev–Trinajstić information content (AvgIpc) is 2.64. The van der Waals surface area contributed by atoms with Crippen molar-refractivity contribution in [1.29, 1.82) is 0 Å².